The molecule has 2 fully saturated rings. The topological polar surface area (TPSA) is 116 Å². The molecular weight excluding hydrogens is 498 g/mol. The summed E-state index contributed by atoms with van der Waals surface area (Å²) in [5, 5.41) is 12.5. The predicted octanol–water partition coefficient (Wildman–Crippen LogP) is 4.22. The van der Waals surface area contributed by atoms with Crippen LogP contribution in [0.4, 0.5) is 9.59 Å². The minimum atomic E-state index is -3.76. The van der Waals surface area contributed by atoms with Gasteiger partial charge in [0.25, 0.3) is 0 Å². The molecule has 1 aromatic rings. The monoisotopic (exact) mass is 537 g/mol. The lowest BCUT2D eigenvalue weighted by molar-refractivity contribution is 0.0994. The van der Waals surface area contributed by atoms with E-state index in [0.29, 0.717) is 25.9 Å². The molecule has 2 aliphatic rings. The predicted molar refractivity (Wildman–Crippen MR) is 141 cm³/mol. The second-order valence-electron chi connectivity index (χ2n) is 11.0. The number of sulfonamides is 1. The summed E-state index contributed by atoms with van der Waals surface area (Å²) >= 11 is 0. The first-order valence-electron chi connectivity index (χ1n) is 12.5. The number of hydrogen-bond acceptors (Lipinski definition) is 5. The molecule has 2 amide bonds. The molecular formula is C25H39N3O6SSi. The minimum absolute atomic E-state index is 0.0866. The minimum Gasteiger partial charge on any atom is -0.465 e. The summed E-state index contributed by atoms with van der Waals surface area (Å²) in [5.41, 5.74) is 1.04. The van der Waals surface area contributed by atoms with Crippen molar-refractivity contribution in [2.75, 3.05) is 26.2 Å². The van der Waals surface area contributed by atoms with Crippen molar-refractivity contribution in [3.63, 3.8) is 0 Å². The first-order chi connectivity index (χ1) is 16.9. The van der Waals surface area contributed by atoms with Gasteiger partial charge in [-0.1, -0.05) is 50.0 Å². The highest BCUT2D eigenvalue weighted by Crippen LogP contribution is 2.35. The van der Waals surface area contributed by atoms with Gasteiger partial charge in [0.15, 0.2) is 0 Å². The van der Waals surface area contributed by atoms with Crippen LogP contribution in [0.15, 0.2) is 47.4 Å². The van der Waals surface area contributed by atoms with Gasteiger partial charge in [0.1, 0.15) is 0 Å². The maximum atomic E-state index is 13.4. The number of alkyl carbamates (subject to hydrolysis) is 1. The summed E-state index contributed by atoms with van der Waals surface area (Å²) in [7, 11) is -5.07. The van der Waals surface area contributed by atoms with E-state index in [-0.39, 0.29) is 36.5 Å². The number of carboxylic acid groups (broad SMARTS) is 1. The molecule has 1 aliphatic heterocycles. The molecule has 3 unspecified atom stereocenters. The van der Waals surface area contributed by atoms with Crippen LogP contribution in [-0.2, 0) is 14.8 Å². The zero-order valence-electron chi connectivity index (χ0n) is 21.5. The molecule has 1 aromatic carbocycles. The van der Waals surface area contributed by atoms with E-state index >= 15 is 0 Å². The third-order valence-electron chi connectivity index (χ3n) is 6.94. The summed E-state index contributed by atoms with van der Waals surface area (Å²) in [5.74, 6) is 0.0866. The highest BCUT2D eigenvalue weighted by atomic mass is 32.2. The average Bonchev–Trinajstić information content (AvgIpc) is 3.15. The Morgan fingerprint density at radius 2 is 1.83 bits per heavy atom. The Morgan fingerprint density at radius 3 is 2.47 bits per heavy atom. The molecule has 1 saturated carbocycles. The van der Waals surface area contributed by atoms with Crippen molar-refractivity contribution in [1.29, 1.82) is 0 Å². The highest BCUT2D eigenvalue weighted by molar-refractivity contribution is 7.89. The molecule has 11 heteroatoms. The molecule has 1 aliphatic carbocycles. The van der Waals surface area contributed by atoms with Gasteiger partial charge in [-0.25, -0.2) is 18.0 Å². The van der Waals surface area contributed by atoms with Crippen LogP contribution in [0.1, 0.15) is 25.7 Å². The maximum Gasteiger partial charge on any atom is 0.407 e. The Hall–Kier alpha value is -2.37. The van der Waals surface area contributed by atoms with Crippen LogP contribution in [0.25, 0.3) is 0 Å². The molecule has 3 rings (SSSR count). The van der Waals surface area contributed by atoms with Crippen molar-refractivity contribution in [3.05, 3.63) is 42.5 Å². The Bertz CT molecular complexity index is 1040. The Balaban J connectivity index is 1.66. The van der Waals surface area contributed by atoms with Crippen molar-refractivity contribution in [3.8, 4) is 0 Å². The van der Waals surface area contributed by atoms with Gasteiger partial charge in [-0.2, -0.15) is 4.31 Å². The summed E-state index contributed by atoms with van der Waals surface area (Å²) in [6, 6.07) is 8.52. The normalized spacial score (nSPS) is 23.5. The molecule has 0 bridgehead atoms. The summed E-state index contributed by atoms with van der Waals surface area (Å²) in [4.78, 5) is 25.5. The standard InChI is InChI=1S/C25H39N3O6SSi/c1-19-16-20(23(17-19)26-24(29)34-14-15-36(2,3)4)10-11-21-18-27(25(30)31)12-13-28(21)35(32,33)22-8-6-5-7-9-22/h5-9,20-21,23H,1,10-18H2,2-4H3,(H,26,29)(H,30,31). The Kier molecular flexibility index (Phi) is 9.23. The van der Waals surface area contributed by atoms with E-state index < -0.39 is 36.3 Å². The van der Waals surface area contributed by atoms with Crippen molar-refractivity contribution < 1.29 is 27.9 Å². The summed E-state index contributed by atoms with van der Waals surface area (Å²) < 4.78 is 33.6. The quantitative estimate of drug-likeness (QED) is 0.360. The third-order valence-corrected chi connectivity index (χ3v) is 10.6. The molecule has 0 spiro atoms. The van der Waals surface area contributed by atoms with Gasteiger partial charge in [0.05, 0.1) is 11.5 Å². The average molecular weight is 538 g/mol. The van der Waals surface area contributed by atoms with Crippen molar-refractivity contribution >= 4 is 30.3 Å². The van der Waals surface area contributed by atoms with Crippen LogP contribution >= 0.6 is 0 Å². The fourth-order valence-electron chi connectivity index (χ4n) is 4.89. The number of carbonyl (C=O) groups is 2. The first-order valence-corrected chi connectivity index (χ1v) is 17.7. The van der Waals surface area contributed by atoms with Gasteiger partial charge in [0.2, 0.25) is 10.0 Å². The van der Waals surface area contributed by atoms with Gasteiger partial charge in [0, 0.05) is 39.8 Å². The number of ether oxygens (including phenoxy) is 1. The molecule has 3 atom stereocenters. The molecule has 200 valence electrons. The van der Waals surface area contributed by atoms with Crippen LogP contribution in [-0.4, -0.2) is 81.3 Å². The van der Waals surface area contributed by atoms with Gasteiger partial charge in [-0.3, -0.25) is 0 Å². The number of nitrogens with one attached hydrogen (secondary N) is 1. The van der Waals surface area contributed by atoms with E-state index in [0.717, 1.165) is 18.0 Å². The molecule has 1 saturated heterocycles. The molecule has 1 heterocycles. The maximum absolute atomic E-state index is 13.4. The second-order valence-corrected chi connectivity index (χ2v) is 18.5. The number of rotatable bonds is 9. The van der Waals surface area contributed by atoms with Gasteiger partial charge < -0.3 is 20.1 Å². The van der Waals surface area contributed by atoms with Crippen molar-refractivity contribution in [2.45, 2.75) is 68.3 Å². The number of benzene rings is 1. The van der Waals surface area contributed by atoms with Gasteiger partial charge in [-0.05, 0) is 49.8 Å². The third kappa shape index (κ3) is 7.56. The summed E-state index contributed by atoms with van der Waals surface area (Å²) in [6.45, 7) is 11.5. The lowest BCUT2D eigenvalue weighted by atomic mass is 9.94. The SMILES string of the molecule is C=C1CC(CCC2CN(C(=O)O)CCN2S(=O)(=O)c2ccccc2)C(NC(=O)OCC[Si](C)(C)C)C1. The number of carbonyl (C=O) groups excluding carboxylic acids is 1. The van der Waals surface area contributed by atoms with E-state index in [4.69, 9.17) is 4.74 Å². The number of hydrogen-bond donors (Lipinski definition) is 2. The lowest BCUT2D eigenvalue weighted by Crippen LogP contribution is -2.56. The molecule has 9 nitrogen and oxygen atoms in total. The Labute approximate surface area is 215 Å². The zero-order valence-corrected chi connectivity index (χ0v) is 23.3. The fraction of sp³-hybridized carbons (Fsp3) is 0.600. The van der Waals surface area contributed by atoms with Crippen LogP contribution in [0.5, 0.6) is 0 Å². The molecule has 0 radical (unpaired) electrons. The second kappa shape index (κ2) is 11.8. The van der Waals surface area contributed by atoms with E-state index in [2.05, 4.69) is 31.5 Å². The Morgan fingerprint density at radius 1 is 1.14 bits per heavy atom. The fourth-order valence-corrected chi connectivity index (χ4v) is 7.26. The largest absolute Gasteiger partial charge is 0.465 e. The molecule has 36 heavy (non-hydrogen) atoms. The van der Waals surface area contributed by atoms with Crippen LogP contribution in [0, 0.1) is 5.92 Å². The van der Waals surface area contributed by atoms with Gasteiger partial charge in [-0.15, -0.1) is 0 Å². The highest BCUT2D eigenvalue weighted by Gasteiger charge is 2.39. The number of nitrogens with zero attached hydrogens (tertiary/aromatic N) is 2. The van der Waals surface area contributed by atoms with Crippen molar-refractivity contribution in [2.24, 2.45) is 5.92 Å². The smallest absolute Gasteiger partial charge is 0.407 e. The summed E-state index contributed by atoms with van der Waals surface area (Å²) in [6.07, 6.45) is 1.04. The number of piperazine rings is 1. The van der Waals surface area contributed by atoms with E-state index in [1.165, 1.54) is 9.21 Å². The first kappa shape index (κ1) is 28.2. The van der Waals surface area contributed by atoms with Crippen LogP contribution < -0.4 is 5.32 Å². The zero-order chi connectivity index (χ0) is 26.5. The van der Waals surface area contributed by atoms with E-state index in [1.54, 1.807) is 30.3 Å². The molecule has 2 N–H and O–H groups in total. The molecule has 0 aromatic heterocycles. The van der Waals surface area contributed by atoms with Crippen LogP contribution in [0.3, 0.4) is 0 Å². The van der Waals surface area contributed by atoms with Crippen molar-refractivity contribution in [1.82, 2.24) is 14.5 Å². The lowest BCUT2D eigenvalue weighted by Gasteiger charge is -2.40. The van der Waals surface area contributed by atoms with Gasteiger partial charge >= 0.3 is 12.2 Å². The van der Waals surface area contributed by atoms with E-state index in [9.17, 15) is 23.1 Å². The number of amides is 2. The van der Waals surface area contributed by atoms with E-state index in [1.807, 2.05) is 0 Å². The van der Waals surface area contributed by atoms with Crippen LogP contribution in [0.2, 0.25) is 25.7 Å².